The molecule has 0 amide bonds. The maximum absolute atomic E-state index is 10.6. The number of aromatic nitrogens is 2. The number of carboxylic acids is 1. The van der Waals surface area contributed by atoms with Crippen molar-refractivity contribution < 1.29 is 14.4 Å². The molecule has 0 aliphatic heterocycles. The van der Waals surface area contributed by atoms with Crippen molar-refractivity contribution in [3.05, 3.63) is 36.2 Å². The van der Waals surface area contributed by atoms with Crippen LogP contribution in [0.1, 0.15) is 12.3 Å². The first-order valence-corrected chi connectivity index (χ1v) is 5.53. The van der Waals surface area contributed by atoms with Crippen molar-refractivity contribution in [2.24, 2.45) is 5.73 Å². The minimum Gasteiger partial charge on any atom is -0.480 e. The zero-order valence-electron chi connectivity index (χ0n) is 10.0. The van der Waals surface area contributed by atoms with Crippen LogP contribution in [0.25, 0.3) is 11.4 Å². The molecule has 2 aromatic rings. The molecule has 0 bridgehead atoms. The summed E-state index contributed by atoms with van der Waals surface area (Å²) >= 11 is 0. The van der Waals surface area contributed by atoms with E-state index in [1.54, 1.807) is 0 Å². The number of aryl methyl sites for hydroxylation is 1. The van der Waals surface area contributed by atoms with Crippen LogP contribution < -0.4 is 5.73 Å². The van der Waals surface area contributed by atoms with Crippen LogP contribution in [0.2, 0.25) is 0 Å². The van der Waals surface area contributed by atoms with Crippen molar-refractivity contribution in [2.75, 3.05) is 0 Å². The molecule has 0 saturated heterocycles. The molecule has 102 valence electrons. The molecule has 1 heterocycles. The van der Waals surface area contributed by atoms with Gasteiger partial charge in [-0.05, 0) is 6.42 Å². The molecule has 1 atom stereocenters. The molecule has 1 unspecified atom stereocenters. The lowest BCUT2D eigenvalue weighted by atomic mass is 10.2. The summed E-state index contributed by atoms with van der Waals surface area (Å²) in [5.41, 5.74) is 6.25. The number of hydrogen-bond acceptors (Lipinski definition) is 5. The quantitative estimate of drug-likeness (QED) is 0.862. The van der Waals surface area contributed by atoms with Crippen LogP contribution in [-0.4, -0.2) is 27.3 Å². The third kappa shape index (κ3) is 4.04. The standard InChI is InChI=1S/C12H13N3O3.ClH/c13-9(12(16)17)6-7-10-14-11(15-18-10)8-4-2-1-3-5-8;/h1-5,9H,6-7,13H2,(H,16,17);1H. The molecule has 0 saturated carbocycles. The van der Waals surface area contributed by atoms with E-state index in [0.29, 0.717) is 18.1 Å². The number of hydrogen-bond donors (Lipinski definition) is 2. The number of benzene rings is 1. The van der Waals surface area contributed by atoms with Crippen molar-refractivity contribution in [3.63, 3.8) is 0 Å². The lowest BCUT2D eigenvalue weighted by Gasteiger charge is -2.01. The van der Waals surface area contributed by atoms with Gasteiger partial charge in [0.25, 0.3) is 0 Å². The van der Waals surface area contributed by atoms with Gasteiger partial charge in [0.05, 0.1) is 0 Å². The number of halogens is 1. The van der Waals surface area contributed by atoms with Gasteiger partial charge in [-0.1, -0.05) is 35.5 Å². The van der Waals surface area contributed by atoms with E-state index in [1.165, 1.54) is 0 Å². The van der Waals surface area contributed by atoms with E-state index in [2.05, 4.69) is 10.1 Å². The summed E-state index contributed by atoms with van der Waals surface area (Å²) in [6.45, 7) is 0. The number of carboxylic acid groups (broad SMARTS) is 1. The summed E-state index contributed by atoms with van der Waals surface area (Å²) in [6.07, 6.45) is 0.624. The predicted octanol–water partition coefficient (Wildman–Crippen LogP) is 1.50. The normalized spacial score (nSPS) is 11.6. The third-order valence-electron chi connectivity index (χ3n) is 2.49. The summed E-state index contributed by atoms with van der Waals surface area (Å²) in [4.78, 5) is 14.7. The van der Waals surface area contributed by atoms with Crippen LogP contribution in [0.5, 0.6) is 0 Å². The van der Waals surface area contributed by atoms with Crippen LogP contribution in [0.15, 0.2) is 34.9 Å². The van der Waals surface area contributed by atoms with Crippen molar-refractivity contribution >= 4 is 18.4 Å². The van der Waals surface area contributed by atoms with Crippen molar-refractivity contribution in [1.82, 2.24) is 10.1 Å². The average Bonchev–Trinajstić information content (AvgIpc) is 2.85. The highest BCUT2D eigenvalue weighted by atomic mass is 35.5. The number of nitrogens with two attached hydrogens (primary N) is 1. The Hall–Kier alpha value is -1.92. The van der Waals surface area contributed by atoms with Gasteiger partial charge in [-0.25, -0.2) is 0 Å². The second-order valence-corrected chi connectivity index (χ2v) is 3.86. The molecule has 2 rings (SSSR count). The summed E-state index contributed by atoms with van der Waals surface area (Å²) in [6, 6.07) is 8.50. The van der Waals surface area contributed by atoms with Gasteiger partial charge in [-0.2, -0.15) is 4.98 Å². The summed E-state index contributed by atoms with van der Waals surface area (Å²) in [5, 5.41) is 12.5. The van der Waals surface area contributed by atoms with E-state index < -0.39 is 12.0 Å². The fraction of sp³-hybridized carbons (Fsp3) is 0.250. The Labute approximate surface area is 116 Å². The Bertz CT molecular complexity index is 530. The highest BCUT2D eigenvalue weighted by Gasteiger charge is 2.14. The van der Waals surface area contributed by atoms with Gasteiger partial charge < -0.3 is 15.4 Å². The molecule has 0 spiro atoms. The highest BCUT2D eigenvalue weighted by molar-refractivity contribution is 5.85. The SMILES string of the molecule is Cl.NC(CCc1nc(-c2ccccc2)no1)C(=O)O. The first kappa shape index (κ1) is 15.1. The van der Waals surface area contributed by atoms with Crippen LogP contribution in [0.3, 0.4) is 0 Å². The van der Waals surface area contributed by atoms with Gasteiger partial charge in [-0.3, -0.25) is 4.79 Å². The molecule has 7 heteroatoms. The molecule has 0 aliphatic rings. The monoisotopic (exact) mass is 283 g/mol. The zero-order valence-corrected chi connectivity index (χ0v) is 10.8. The molecule has 0 aliphatic carbocycles. The largest absolute Gasteiger partial charge is 0.480 e. The van der Waals surface area contributed by atoms with E-state index in [0.717, 1.165) is 5.56 Å². The lowest BCUT2D eigenvalue weighted by Crippen LogP contribution is -2.30. The molecule has 6 nitrogen and oxygen atoms in total. The van der Waals surface area contributed by atoms with E-state index in [-0.39, 0.29) is 18.8 Å². The number of carbonyl (C=O) groups is 1. The van der Waals surface area contributed by atoms with Gasteiger partial charge in [0.2, 0.25) is 11.7 Å². The Morgan fingerprint density at radius 3 is 2.68 bits per heavy atom. The molecule has 0 radical (unpaired) electrons. The molecular formula is C12H14ClN3O3. The summed E-state index contributed by atoms with van der Waals surface area (Å²) < 4.78 is 5.04. The third-order valence-corrected chi connectivity index (χ3v) is 2.49. The Kier molecular flexibility index (Phi) is 5.47. The van der Waals surface area contributed by atoms with E-state index >= 15 is 0 Å². The molecule has 3 N–H and O–H groups in total. The second kappa shape index (κ2) is 6.86. The first-order chi connectivity index (χ1) is 8.66. The van der Waals surface area contributed by atoms with Crippen molar-refractivity contribution in [2.45, 2.75) is 18.9 Å². The van der Waals surface area contributed by atoms with E-state index in [9.17, 15) is 4.79 Å². The summed E-state index contributed by atoms with van der Waals surface area (Å²) in [5.74, 6) is -0.141. The van der Waals surface area contributed by atoms with Gasteiger partial charge in [0, 0.05) is 12.0 Å². The molecule has 1 aromatic carbocycles. The minimum absolute atomic E-state index is 0. The van der Waals surface area contributed by atoms with Crippen LogP contribution >= 0.6 is 12.4 Å². The minimum atomic E-state index is -1.03. The van der Waals surface area contributed by atoms with Crippen LogP contribution in [0, 0.1) is 0 Å². The fourth-order valence-corrected chi connectivity index (χ4v) is 1.46. The maximum atomic E-state index is 10.6. The molecule has 0 fully saturated rings. The van der Waals surface area contributed by atoms with Gasteiger partial charge >= 0.3 is 5.97 Å². The molecular weight excluding hydrogens is 270 g/mol. The number of aliphatic carboxylic acids is 1. The summed E-state index contributed by atoms with van der Waals surface area (Å²) in [7, 11) is 0. The Balaban J connectivity index is 0.00000180. The topological polar surface area (TPSA) is 102 Å². The van der Waals surface area contributed by atoms with Gasteiger partial charge in [-0.15, -0.1) is 12.4 Å². The first-order valence-electron chi connectivity index (χ1n) is 5.53. The van der Waals surface area contributed by atoms with Gasteiger partial charge in [0.1, 0.15) is 6.04 Å². The fourth-order valence-electron chi connectivity index (χ4n) is 1.46. The van der Waals surface area contributed by atoms with Crippen LogP contribution in [-0.2, 0) is 11.2 Å². The van der Waals surface area contributed by atoms with Crippen LogP contribution in [0.4, 0.5) is 0 Å². The number of nitrogens with zero attached hydrogens (tertiary/aromatic N) is 2. The molecule has 19 heavy (non-hydrogen) atoms. The molecule has 1 aromatic heterocycles. The van der Waals surface area contributed by atoms with Gasteiger partial charge in [0.15, 0.2) is 0 Å². The second-order valence-electron chi connectivity index (χ2n) is 3.86. The van der Waals surface area contributed by atoms with Crippen molar-refractivity contribution in [1.29, 1.82) is 0 Å². The highest BCUT2D eigenvalue weighted by Crippen LogP contribution is 2.15. The van der Waals surface area contributed by atoms with E-state index in [1.807, 2.05) is 30.3 Å². The zero-order chi connectivity index (χ0) is 13.0. The Morgan fingerprint density at radius 1 is 1.37 bits per heavy atom. The average molecular weight is 284 g/mol. The van der Waals surface area contributed by atoms with E-state index in [4.69, 9.17) is 15.4 Å². The smallest absolute Gasteiger partial charge is 0.320 e. The lowest BCUT2D eigenvalue weighted by molar-refractivity contribution is -0.138. The predicted molar refractivity (Wildman–Crippen MR) is 70.9 cm³/mol. The number of rotatable bonds is 5. The Morgan fingerprint density at radius 2 is 2.05 bits per heavy atom. The van der Waals surface area contributed by atoms with Crippen molar-refractivity contribution in [3.8, 4) is 11.4 Å². The maximum Gasteiger partial charge on any atom is 0.320 e.